The summed E-state index contributed by atoms with van der Waals surface area (Å²) in [7, 11) is 0. The van der Waals surface area contributed by atoms with Gasteiger partial charge in [0.15, 0.2) is 0 Å². The first-order valence-electron chi connectivity index (χ1n) is 5.34. The summed E-state index contributed by atoms with van der Waals surface area (Å²) in [5, 5.41) is 9.57. The molecule has 2 aromatic rings. The molecule has 0 saturated heterocycles. The largest absolute Gasteiger partial charge is 0.306 e. The highest BCUT2D eigenvalue weighted by Gasteiger charge is 2.16. The molecule has 2 heterocycles. The lowest BCUT2D eigenvalue weighted by Gasteiger charge is -2.06. The Morgan fingerprint density at radius 1 is 1.35 bits per heavy atom. The Morgan fingerprint density at radius 2 is 2.12 bits per heavy atom. The number of anilines is 1. The number of pyridine rings is 1. The van der Waals surface area contributed by atoms with Gasteiger partial charge in [-0.25, -0.2) is 4.98 Å². The normalized spacial score (nSPS) is 10.3. The number of nitrogens with zero attached hydrogens (tertiary/aromatic N) is 2. The fourth-order valence-electron chi connectivity index (χ4n) is 1.67. The van der Waals surface area contributed by atoms with Gasteiger partial charge in [-0.1, -0.05) is 6.07 Å². The van der Waals surface area contributed by atoms with E-state index in [0.717, 1.165) is 11.3 Å². The third kappa shape index (κ3) is 2.18. The molecule has 0 bridgehead atoms. The van der Waals surface area contributed by atoms with Gasteiger partial charge in [-0.15, -0.1) is 0 Å². The van der Waals surface area contributed by atoms with E-state index in [0.29, 0.717) is 17.1 Å². The van der Waals surface area contributed by atoms with Crippen molar-refractivity contribution in [2.45, 2.75) is 20.8 Å². The highest BCUT2D eigenvalue weighted by atomic mass is 16.1. The minimum atomic E-state index is -0.185. The van der Waals surface area contributed by atoms with Gasteiger partial charge < -0.3 is 5.32 Å². The van der Waals surface area contributed by atoms with Crippen molar-refractivity contribution < 1.29 is 4.79 Å². The van der Waals surface area contributed by atoms with Crippen LogP contribution in [0.1, 0.15) is 27.3 Å². The maximum atomic E-state index is 12.1. The number of aryl methyl sites for hydroxylation is 3. The summed E-state index contributed by atoms with van der Waals surface area (Å²) in [5.74, 6) is 0.396. The molecule has 1 amide bonds. The lowest BCUT2D eigenvalue weighted by atomic mass is 10.2. The number of carbonyl (C=O) groups is 1. The van der Waals surface area contributed by atoms with Crippen LogP contribution >= 0.6 is 0 Å². The molecule has 2 N–H and O–H groups in total. The van der Waals surface area contributed by atoms with E-state index < -0.39 is 0 Å². The molecule has 17 heavy (non-hydrogen) atoms. The van der Waals surface area contributed by atoms with Gasteiger partial charge in [-0.3, -0.25) is 9.89 Å². The zero-order valence-corrected chi connectivity index (χ0v) is 10.0. The molecule has 2 aromatic heterocycles. The summed E-state index contributed by atoms with van der Waals surface area (Å²) in [6, 6.07) is 3.73. The number of carbonyl (C=O) groups excluding carboxylic acids is 1. The van der Waals surface area contributed by atoms with Crippen LogP contribution in [0.4, 0.5) is 5.82 Å². The summed E-state index contributed by atoms with van der Waals surface area (Å²) >= 11 is 0. The van der Waals surface area contributed by atoms with Crippen LogP contribution in [-0.2, 0) is 0 Å². The van der Waals surface area contributed by atoms with Crippen molar-refractivity contribution >= 4 is 11.7 Å². The number of aromatic nitrogens is 3. The van der Waals surface area contributed by atoms with Gasteiger partial charge in [0, 0.05) is 11.9 Å². The van der Waals surface area contributed by atoms with Crippen LogP contribution in [0.2, 0.25) is 0 Å². The molecule has 0 aliphatic rings. The maximum Gasteiger partial charge on any atom is 0.260 e. The van der Waals surface area contributed by atoms with Gasteiger partial charge >= 0.3 is 0 Å². The van der Waals surface area contributed by atoms with E-state index in [9.17, 15) is 4.79 Å². The highest BCUT2D eigenvalue weighted by Crippen LogP contribution is 2.14. The van der Waals surface area contributed by atoms with Crippen molar-refractivity contribution in [2.24, 2.45) is 0 Å². The third-order valence-electron chi connectivity index (χ3n) is 2.60. The average Bonchev–Trinajstić information content (AvgIpc) is 2.62. The van der Waals surface area contributed by atoms with Crippen LogP contribution in [0.15, 0.2) is 18.3 Å². The Balaban J connectivity index is 2.27. The second-order valence-electron chi connectivity index (χ2n) is 3.93. The smallest absolute Gasteiger partial charge is 0.260 e. The summed E-state index contributed by atoms with van der Waals surface area (Å²) in [6.07, 6.45) is 1.65. The molecular weight excluding hydrogens is 216 g/mol. The summed E-state index contributed by atoms with van der Waals surface area (Å²) in [5.41, 5.74) is 2.96. The monoisotopic (exact) mass is 230 g/mol. The van der Waals surface area contributed by atoms with E-state index in [1.165, 1.54) is 0 Å². The molecule has 5 heteroatoms. The van der Waals surface area contributed by atoms with E-state index in [2.05, 4.69) is 20.5 Å². The van der Waals surface area contributed by atoms with E-state index in [1.807, 2.05) is 26.0 Å². The fourth-order valence-corrected chi connectivity index (χ4v) is 1.67. The van der Waals surface area contributed by atoms with Gasteiger partial charge in [-0.05, 0) is 32.4 Å². The SMILES string of the molecule is Cc1cccnc1NC(=O)c1c(C)n[nH]c1C. The summed E-state index contributed by atoms with van der Waals surface area (Å²) < 4.78 is 0. The van der Waals surface area contributed by atoms with Crippen LogP contribution in [0, 0.1) is 20.8 Å². The molecule has 2 rings (SSSR count). The van der Waals surface area contributed by atoms with Gasteiger partial charge in [0.1, 0.15) is 5.82 Å². The van der Waals surface area contributed by atoms with E-state index in [4.69, 9.17) is 0 Å². The number of rotatable bonds is 2. The first-order valence-corrected chi connectivity index (χ1v) is 5.34. The lowest BCUT2D eigenvalue weighted by molar-refractivity contribution is 0.102. The van der Waals surface area contributed by atoms with Crippen LogP contribution < -0.4 is 5.32 Å². The molecule has 0 saturated carbocycles. The molecule has 0 aromatic carbocycles. The minimum absolute atomic E-state index is 0.185. The quantitative estimate of drug-likeness (QED) is 0.828. The van der Waals surface area contributed by atoms with E-state index in [-0.39, 0.29) is 5.91 Å². The predicted octanol–water partition coefficient (Wildman–Crippen LogP) is 1.98. The first-order chi connectivity index (χ1) is 8.09. The maximum absolute atomic E-state index is 12.1. The van der Waals surface area contributed by atoms with Crippen molar-refractivity contribution in [1.82, 2.24) is 15.2 Å². The lowest BCUT2D eigenvalue weighted by Crippen LogP contribution is -2.15. The average molecular weight is 230 g/mol. The molecule has 0 radical (unpaired) electrons. The molecule has 88 valence electrons. The van der Waals surface area contributed by atoms with Crippen molar-refractivity contribution in [1.29, 1.82) is 0 Å². The minimum Gasteiger partial charge on any atom is -0.306 e. The molecule has 5 nitrogen and oxygen atoms in total. The topological polar surface area (TPSA) is 70.7 Å². The Morgan fingerprint density at radius 3 is 2.71 bits per heavy atom. The molecule has 0 aliphatic carbocycles. The number of aromatic amines is 1. The van der Waals surface area contributed by atoms with Gasteiger partial charge in [0.25, 0.3) is 5.91 Å². The second kappa shape index (κ2) is 4.37. The number of H-pyrrole nitrogens is 1. The van der Waals surface area contributed by atoms with Crippen molar-refractivity contribution in [3.8, 4) is 0 Å². The van der Waals surface area contributed by atoms with Gasteiger partial charge in [0.2, 0.25) is 0 Å². The van der Waals surface area contributed by atoms with Crippen molar-refractivity contribution in [3.63, 3.8) is 0 Å². The second-order valence-corrected chi connectivity index (χ2v) is 3.93. The third-order valence-corrected chi connectivity index (χ3v) is 2.60. The van der Waals surface area contributed by atoms with Crippen LogP contribution in [0.25, 0.3) is 0 Å². The molecule has 0 unspecified atom stereocenters. The van der Waals surface area contributed by atoms with Crippen LogP contribution in [0.3, 0.4) is 0 Å². The molecule has 0 atom stereocenters. The van der Waals surface area contributed by atoms with Crippen molar-refractivity contribution in [3.05, 3.63) is 40.8 Å². The zero-order chi connectivity index (χ0) is 12.4. The Bertz CT molecular complexity index is 540. The number of amides is 1. The molecule has 0 fully saturated rings. The predicted molar refractivity (Wildman–Crippen MR) is 65.0 cm³/mol. The standard InChI is InChI=1S/C12H14N4O/c1-7-5-4-6-13-11(7)14-12(17)10-8(2)15-16-9(10)3/h4-6H,1-3H3,(H,15,16)(H,13,14,17). The van der Waals surface area contributed by atoms with Crippen LogP contribution in [0.5, 0.6) is 0 Å². The van der Waals surface area contributed by atoms with Crippen molar-refractivity contribution in [2.75, 3.05) is 5.32 Å². The molecule has 0 aliphatic heterocycles. The molecular formula is C12H14N4O. The zero-order valence-electron chi connectivity index (χ0n) is 10.0. The first kappa shape index (κ1) is 11.3. The van der Waals surface area contributed by atoms with Crippen LogP contribution in [-0.4, -0.2) is 21.1 Å². The highest BCUT2D eigenvalue weighted by molar-refractivity contribution is 6.05. The Labute approximate surface area is 99.3 Å². The number of nitrogens with one attached hydrogen (secondary N) is 2. The Hall–Kier alpha value is -2.17. The summed E-state index contributed by atoms with van der Waals surface area (Å²) in [6.45, 7) is 5.52. The van der Waals surface area contributed by atoms with Gasteiger partial charge in [0.05, 0.1) is 11.3 Å². The van der Waals surface area contributed by atoms with Gasteiger partial charge in [-0.2, -0.15) is 5.10 Å². The van der Waals surface area contributed by atoms with E-state index in [1.54, 1.807) is 13.1 Å². The summed E-state index contributed by atoms with van der Waals surface area (Å²) in [4.78, 5) is 16.2. The fraction of sp³-hybridized carbons (Fsp3) is 0.250. The Kier molecular flexibility index (Phi) is 2.91. The number of hydrogen-bond donors (Lipinski definition) is 2. The van der Waals surface area contributed by atoms with E-state index >= 15 is 0 Å². The number of hydrogen-bond acceptors (Lipinski definition) is 3. The molecule has 0 spiro atoms.